The number of para-hydroxylation sites is 3. The molecular formula is C12H10O2. The summed E-state index contributed by atoms with van der Waals surface area (Å²) in [5.74, 6) is 1.34. The van der Waals surface area contributed by atoms with Gasteiger partial charge in [-0.15, -0.1) is 0 Å². The first-order chi connectivity index (χ1) is 6.86. The van der Waals surface area contributed by atoms with E-state index in [0.717, 1.165) is 0 Å². The first kappa shape index (κ1) is 8.63. The Hall–Kier alpha value is -1.96. The molecule has 0 aromatic heterocycles. The minimum absolute atomic E-state index is 0.149. The van der Waals surface area contributed by atoms with Gasteiger partial charge in [-0.1, -0.05) is 30.3 Å². The molecule has 0 heterocycles. The minimum Gasteiger partial charge on any atom is -0.504 e. The molecule has 0 saturated heterocycles. The van der Waals surface area contributed by atoms with Crippen LogP contribution in [0.2, 0.25) is 0 Å². The maximum atomic E-state index is 9.45. The fourth-order valence-corrected chi connectivity index (χ4v) is 1.16. The van der Waals surface area contributed by atoms with Gasteiger partial charge in [-0.3, -0.25) is 0 Å². The van der Waals surface area contributed by atoms with Gasteiger partial charge in [0.25, 0.3) is 0 Å². The first-order valence-electron chi connectivity index (χ1n) is 4.37. The summed E-state index contributed by atoms with van der Waals surface area (Å²) in [6.45, 7) is 0. The molecule has 1 N–H and O–H groups in total. The van der Waals surface area contributed by atoms with E-state index in [1.54, 1.807) is 18.2 Å². The van der Waals surface area contributed by atoms with Gasteiger partial charge in [0.05, 0.1) is 0 Å². The molecule has 0 saturated carbocycles. The van der Waals surface area contributed by atoms with Gasteiger partial charge >= 0.3 is 0 Å². The Morgan fingerprint density at radius 1 is 0.786 bits per heavy atom. The molecule has 70 valence electrons. The van der Waals surface area contributed by atoms with Crippen molar-refractivity contribution in [1.29, 1.82) is 0 Å². The SMILES string of the molecule is Oc1ccccc1Oc1ccccc1. The molecule has 2 aromatic carbocycles. The lowest BCUT2D eigenvalue weighted by atomic mass is 10.3. The van der Waals surface area contributed by atoms with Crippen molar-refractivity contribution >= 4 is 0 Å². The largest absolute Gasteiger partial charge is 0.504 e. The van der Waals surface area contributed by atoms with E-state index in [2.05, 4.69) is 0 Å². The lowest BCUT2D eigenvalue weighted by molar-refractivity contribution is 0.411. The lowest BCUT2D eigenvalue weighted by Gasteiger charge is -2.06. The van der Waals surface area contributed by atoms with Crippen LogP contribution in [-0.2, 0) is 0 Å². The number of phenols is 1. The Bertz CT molecular complexity index is 410. The van der Waals surface area contributed by atoms with Crippen LogP contribution in [0.3, 0.4) is 0 Å². The smallest absolute Gasteiger partial charge is 0.169 e. The van der Waals surface area contributed by atoms with Crippen molar-refractivity contribution in [2.24, 2.45) is 0 Å². The first-order valence-corrected chi connectivity index (χ1v) is 4.37. The third-order valence-corrected chi connectivity index (χ3v) is 1.84. The summed E-state index contributed by atoms with van der Waals surface area (Å²) in [5.41, 5.74) is 0. The number of benzene rings is 2. The van der Waals surface area contributed by atoms with Crippen molar-refractivity contribution in [2.45, 2.75) is 0 Å². The molecule has 0 aliphatic carbocycles. The zero-order valence-electron chi connectivity index (χ0n) is 7.55. The Labute approximate surface area is 82.4 Å². The van der Waals surface area contributed by atoms with Crippen molar-refractivity contribution < 1.29 is 9.84 Å². The maximum Gasteiger partial charge on any atom is 0.169 e. The number of ether oxygens (including phenoxy) is 1. The molecule has 0 bridgehead atoms. The second-order valence-electron chi connectivity index (χ2n) is 2.88. The van der Waals surface area contributed by atoms with E-state index in [4.69, 9.17) is 4.74 Å². The average molecular weight is 186 g/mol. The number of hydrogen-bond acceptors (Lipinski definition) is 2. The second-order valence-corrected chi connectivity index (χ2v) is 2.88. The van der Waals surface area contributed by atoms with Crippen molar-refractivity contribution in [3.63, 3.8) is 0 Å². The van der Waals surface area contributed by atoms with E-state index >= 15 is 0 Å². The highest BCUT2D eigenvalue weighted by Gasteiger charge is 2.00. The summed E-state index contributed by atoms with van der Waals surface area (Å²) < 4.78 is 5.46. The van der Waals surface area contributed by atoms with Gasteiger partial charge in [0.2, 0.25) is 0 Å². The summed E-state index contributed by atoms with van der Waals surface area (Å²) >= 11 is 0. The quantitative estimate of drug-likeness (QED) is 0.780. The normalized spacial score (nSPS) is 9.71. The topological polar surface area (TPSA) is 29.5 Å². The summed E-state index contributed by atoms with van der Waals surface area (Å²) in [7, 11) is 0. The van der Waals surface area contributed by atoms with Crippen LogP contribution in [0.5, 0.6) is 17.2 Å². The Balaban J connectivity index is 2.24. The van der Waals surface area contributed by atoms with Crippen LogP contribution < -0.4 is 4.74 Å². The van der Waals surface area contributed by atoms with E-state index in [9.17, 15) is 5.11 Å². The molecule has 0 amide bonds. The van der Waals surface area contributed by atoms with Gasteiger partial charge in [-0.05, 0) is 24.3 Å². The highest BCUT2D eigenvalue weighted by atomic mass is 16.5. The predicted octanol–water partition coefficient (Wildman–Crippen LogP) is 3.18. The van der Waals surface area contributed by atoms with E-state index in [1.807, 2.05) is 36.4 Å². The fraction of sp³-hybridized carbons (Fsp3) is 0. The zero-order valence-corrected chi connectivity index (χ0v) is 7.55. The Morgan fingerprint density at radius 2 is 1.43 bits per heavy atom. The predicted molar refractivity (Wildman–Crippen MR) is 54.6 cm³/mol. The van der Waals surface area contributed by atoms with E-state index in [-0.39, 0.29) is 5.75 Å². The van der Waals surface area contributed by atoms with Crippen LogP contribution in [0.25, 0.3) is 0 Å². The molecule has 0 aliphatic heterocycles. The minimum atomic E-state index is 0.149. The molecule has 14 heavy (non-hydrogen) atoms. The van der Waals surface area contributed by atoms with Gasteiger partial charge in [-0.25, -0.2) is 0 Å². The average Bonchev–Trinajstić information content (AvgIpc) is 2.23. The molecule has 0 aliphatic rings. The molecule has 0 atom stereocenters. The summed E-state index contributed by atoms with van der Waals surface area (Å²) in [4.78, 5) is 0. The van der Waals surface area contributed by atoms with Gasteiger partial charge < -0.3 is 9.84 Å². The Morgan fingerprint density at radius 3 is 2.14 bits per heavy atom. The highest BCUT2D eigenvalue weighted by molar-refractivity contribution is 5.41. The van der Waals surface area contributed by atoms with Crippen molar-refractivity contribution in [3.8, 4) is 17.2 Å². The number of hydrogen-bond donors (Lipinski definition) is 1. The van der Waals surface area contributed by atoms with Crippen LogP contribution in [-0.4, -0.2) is 5.11 Å². The van der Waals surface area contributed by atoms with Crippen molar-refractivity contribution in [2.75, 3.05) is 0 Å². The monoisotopic (exact) mass is 186 g/mol. The standard InChI is InChI=1S/C12H10O2/c13-11-8-4-5-9-12(11)14-10-6-2-1-3-7-10/h1-9,13H. The molecule has 0 fully saturated rings. The van der Waals surface area contributed by atoms with E-state index < -0.39 is 0 Å². The number of aromatic hydroxyl groups is 1. The summed E-state index contributed by atoms with van der Waals surface area (Å²) in [6.07, 6.45) is 0. The molecule has 0 unspecified atom stereocenters. The second kappa shape index (κ2) is 3.83. The van der Waals surface area contributed by atoms with Crippen molar-refractivity contribution in [1.82, 2.24) is 0 Å². The van der Waals surface area contributed by atoms with E-state index in [0.29, 0.717) is 11.5 Å². The molecule has 2 heteroatoms. The van der Waals surface area contributed by atoms with Crippen LogP contribution in [0.4, 0.5) is 0 Å². The molecule has 2 rings (SSSR count). The van der Waals surface area contributed by atoms with E-state index in [1.165, 1.54) is 0 Å². The summed E-state index contributed by atoms with van der Waals surface area (Å²) in [5, 5.41) is 9.45. The molecular weight excluding hydrogens is 176 g/mol. The molecule has 2 aromatic rings. The highest BCUT2D eigenvalue weighted by Crippen LogP contribution is 2.29. The molecule has 0 spiro atoms. The maximum absolute atomic E-state index is 9.45. The zero-order chi connectivity index (χ0) is 9.80. The van der Waals surface area contributed by atoms with Gasteiger partial charge in [0.15, 0.2) is 11.5 Å². The molecule has 2 nitrogen and oxygen atoms in total. The fourth-order valence-electron chi connectivity index (χ4n) is 1.16. The lowest BCUT2D eigenvalue weighted by Crippen LogP contribution is -1.83. The molecule has 0 radical (unpaired) electrons. The van der Waals surface area contributed by atoms with Crippen LogP contribution in [0.15, 0.2) is 54.6 Å². The number of phenolic OH excluding ortho intramolecular Hbond substituents is 1. The number of rotatable bonds is 2. The third kappa shape index (κ3) is 1.85. The van der Waals surface area contributed by atoms with Gasteiger partial charge in [0, 0.05) is 0 Å². The summed E-state index contributed by atoms with van der Waals surface area (Å²) in [6, 6.07) is 16.3. The van der Waals surface area contributed by atoms with Crippen molar-refractivity contribution in [3.05, 3.63) is 54.6 Å². The van der Waals surface area contributed by atoms with Gasteiger partial charge in [-0.2, -0.15) is 0 Å². The van der Waals surface area contributed by atoms with Crippen LogP contribution in [0, 0.1) is 0 Å². The van der Waals surface area contributed by atoms with Crippen LogP contribution >= 0.6 is 0 Å². The van der Waals surface area contributed by atoms with Gasteiger partial charge in [0.1, 0.15) is 5.75 Å². The van der Waals surface area contributed by atoms with Crippen LogP contribution in [0.1, 0.15) is 0 Å². The Kier molecular flexibility index (Phi) is 2.36. The third-order valence-electron chi connectivity index (χ3n) is 1.84.